The minimum Gasteiger partial charge on any atom is -0.497 e. The van der Waals surface area contributed by atoms with Gasteiger partial charge in [0.05, 0.1) is 26.3 Å². The van der Waals surface area contributed by atoms with Crippen LogP contribution < -0.4 is 14.2 Å². The maximum Gasteiger partial charge on any atom is 0.336 e. The van der Waals surface area contributed by atoms with Crippen LogP contribution >= 0.6 is 11.8 Å². The first-order valence-corrected chi connectivity index (χ1v) is 12.4. The number of carbonyl (C=O) groups is 3. The van der Waals surface area contributed by atoms with Gasteiger partial charge in [-0.3, -0.25) is 14.5 Å². The Bertz CT molecular complexity index is 1280. The quantitative estimate of drug-likeness (QED) is 0.272. The summed E-state index contributed by atoms with van der Waals surface area (Å²) >= 11 is 0.983. The summed E-state index contributed by atoms with van der Waals surface area (Å²) in [5, 5.41) is 9.50. The summed E-state index contributed by atoms with van der Waals surface area (Å²) in [5.74, 6) is 0.780. The molecule has 3 rings (SSSR count). The van der Waals surface area contributed by atoms with E-state index in [-0.39, 0.29) is 23.3 Å². The first-order chi connectivity index (χ1) is 17.7. The molecule has 0 saturated carbocycles. The number of imide groups is 1. The van der Waals surface area contributed by atoms with E-state index in [1.54, 1.807) is 79.1 Å². The number of hydrogen-bond acceptors (Lipinski definition) is 7. The molecule has 0 heterocycles. The molecular weight excluding hydrogens is 494 g/mol. The summed E-state index contributed by atoms with van der Waals surface area (Å²) in [4.78, 5) is 36.9. The molecule has 0 aliphatic rings. The highest BCUT2D eigenvalue weighted by Gasteiger charge is 2.17. The van der Waals surface area contributed by atoms with Crippen LogP contribution in [-0.4, -0.2) is 47.6 Å². The van der Waals surface area contributed by atoms with Gasteiger partial charge in [-0.15, -0.1) is 0 Å². The van der Waals surface area contributed by atoms with Crippen molar-refractivity contribution in [3.8, 4) is 23.0 Å². The predicted molar refractivity (Wildman–Crippen MR) is 143 cm³/mol. The number of rotatable bonds is 9. The van der Waals surface area contributed by atoms with Gasteiger partial charge in [-0.05, 0) is 65.4 Å². The summed E-state index contributed by atoms with van der Waals surface area (Å²) < 4.78 is 16.4. The fourth-order valence-electron chi connectivity index (χ4n) is 3.45. The number of amides is 2. The normalized spacial score (nSPS) is 11.0. The fourth-order valence-corrected chi connectivity index (χ4v) is 3.86. The van der Waals surface area contributed by atoms with Crippen molar-refractivity contribution in [1.82, 2.24) is 4.90 Å². The van der Waals surface area contributed by atoms with E-state index in [2.05, 4.69) is 0 Å². The molecule has 8 nitrogen and oxygen atoms in total. The van der Waals surface area contributed by atoms with Gasteiger partial charge in [0.25, 0.3) is 5.24 Å². The van der Waals surface area contributed by atoms with Crippen molar-refractivity contribution in [3.63, 3.8) is 0 Å². The molecule has 0 radical (unpaired) electrons. The first-order valence-electron chi connectivity index (χ1n) is 11.2. The summed E-state index contributed by atoms with van der Waals surface area (Å²) in [5.41, 5.74) is 2.00. The van der Waals surface area contributed by atoms with Crippen molar-refractivity contribution in [2.24, 2.45) is 0 Å². The second-order valence-corrected chi connectivity index (χ2v) is 8.61. The Hall–Kier alpha value is -4.24. The van der Waals surface area contributed by atoms with Crippen molar-refractivity contribution >= 4 is 40.5 Å². The van der Waals surface area contributed by atoms with Crippen molar-refractivity contribution < 1.29 is 33.7 Å². The number of thioether (sulfide) groups is 1. The molecule has 0 fully saturated rings. The first kappa shape index (κ1) is 27.3. The molecule has 3 aromatic carbocycles. The maximum atomic E-state index is 12.0. The molecular formula is C28H27NO7S. The number of carboxylic acid groups (broad SMARTS) is 1. The molecule has 0 bridgehead atoms. The van der Waals surface area contributed by atoms with Crippen LogP contribution in [0.4, 0.5) is 4.79 Å². The van der Waals surface area contributed by atoms with Gasteiger partial charge in [0.1, 0.15) is 23.0 Å². The molecule has 0 atom stereocenters. The van der Waals surface area contributed by atoms with Crippen LogP contribution in [-0.2, 0) is 16.1 Å². The number of benzene rings is 3. The standard InChI is InChI=1S/C28H27NO7S/c1-18(30)29(28(33)37-4)17-19-5-9-22(10-6-19)36-23-11-7-21(8-12-23)26(27(31)32)15-20-13-24(34-2)16-25(14-20)35-3/h5-16H,17H2,1-4H3,(H,31,32)/b26-15+. The number of methoxy groups -OCH3 is 2. The van der Waals surface area contributed by atoms with Crippen LogP contribution in [0.5, 0.6) is 23.0 Å². The Labute approximate surface area is 219 Å². The third-order valence-electron chi connectivity index (χ3n) is 5.36. The Morgan fingerprint density at radius 2 is 1.41 bits per heavy atom. The lowest BCUT2D eigenvalue weighted by molar-refractivity contribution is -0.130. The number of hydrogen-bond donors (Lipinski definition) is 1. The fraction of sp³-hybridized carbons (Fsp3) is 0.179. The molecule has 1 N–H and O–H groups in total. The van der Waals surface area contributed by atoms with Crippen LogP contribution in [0.15, 0.2) is 66.7 Å². The van der Waals surface area contributed by atoms with E-state index in [0.29, 0.717) is 34.1 Å². The minimum atomic E-state index is -1.08. The predicted octanol–water partition coefficient (Wildman–Crippen LogP) is 5.95. The molecule has 0 aromatic heterocycles. The van der Waals surface area contributed by atoms with Gasteiger partial charge < -0.3 is 19.3 Å². The number of aliphatic carboxylic acids is 1. The molecule has 0 saturated heterocycles. The van der Waals surface area contributed by atoms with Crippen LogP contribution in [0.2, 0.25) is 0 Å². The summed E-state index contributed by atoms with van der Waals surface area (Å²) in [6, 6.07) is 18.9. The highest BCUT2D eigenvalue weighted by atomic mass is 32.2. The van der Waals surface area contributed by atoms with E-state index >= 15 is 0 Å². The van der Waals surface area contributed by atoms with Crippen molar-refractivity contribution in [2.45, 2.75) is 13.5 Å². The Morgan fingerprint density at radius 3 is 1.86 bits per heavy atom. The average molecular weight is 522 g/mol. The Morgan fingerprint density at radius 1 is 0.865 bits per heavy atom. The zero-order valence-corrected chi connectivity index (χ0v) is 21.7. The number of carbonyl (C=O) groups excluding carboxylic acids is 2. The van der Waals surface area contributed by atoms with Crippen LogP contribution in [0.1, 0.15) is 23.6 Å². The third kappa shape index (κ3) is 7.37. The summed E-state index contributed by atoms with van der Waals surface area (Å²) in [6.45, 7) is 1.53. The molecule has 0 unspecified atom stereocenters. The molecule has 3 aromatic rings. The molecule has 37 heavy (non-hydrogen) atoms. The van der Waals surface area contributed by atoms with Crippen LogP contribution in [0.25, 0.3) is 11.6 Å². The smallest absolute Gasteiger partial charge is 0.336 e. The maximum absolute atomic E-state index is 12.0. The van der Waals surface area contributed by atoms with E-state index in [9.17, 15) is 19.5 Å². The monoisotopic (exact) mass is 521 g/mol. The number of ether oxygens (including phenoxy) is 3. The molecule has 0 spiro atoms. The lowest BCUT2D eigenvalue weighted by Crippen LogP contribution is -2.31. The van der Waals surface area contributed by atoms with Gasteiger partial charge in [0.2, 0.25) is 5.91 Å². The van der Waals surface area contributed by atoms with E-state index < -0.39 is 5.97 Å². The second kappa shape index (κ2) is 12.6. The number of nitrogens with zero attached hydrogens (tertiary/aromatic N) is 1. The van der Waals surface area contributed by atoms with E-state index in [4.69, 9.17) is 14.2 Å². The average Bonchev–Trinajstić information content (AvgIpc) is 2.90. The largest absolute Gasteiger partial charge is 0.497 e. The summed E-state index contributed by atoms with van der Waals surface area (Å²) in [7, 11) is 3.06. The molecule has 0 aliphatic heterocycles. The van der Waals surface area contributed by atoms with Gasteiger partial charge in [-0.1, -0.05) is 36.0 Å². The van der Waals surface area contributed by atoms with Crippen molar-refractivity contribution in [3.05, 3.63) is 83.4 Å². The number of carboxylic acids is 1. The summed E-state index contributed by atoms with van der Waals surface area (Å²) in [6.07, 6.45) is 3.18. The molecule has 192 valence electrons. The highest BCUT2D eigenvalue weighted by molar-refractivity contribution is 8.12. The van der Waals surface area contributed by atoms with E-state index in [1.807, 2.05) is 0 Å². The van der Waals surface area contributed by atoms with Crippen molar-refractivity contribution in [1.29, 1.82) is 0 Å². The second-order valence-electron chi connectivity index (χ2n) is 7.85. The van der Waals surface area contributed by atoms with Gasteiger partial charge in [0, 0.05) is 13.0 Å². The topological polar surface area (TPSA) is 102 Å². The minimum absolute atomic E-state index is 0.0982. The third-order valence-corrected chi connectivity index (χ3v) is 5.92. The van der Waals surface area contributed by atoms with Crippen LogP contribution in [0, 0.1) is 0 Å². The Balaban J connectivity index is 1.76. The SMILES string of the molecule is COc1cc(/C=C(/C(=O)O)c2ccc(Oc3ccc(CN(C(C)=O)C(=O)SC)cc3)cc2)cc(OC)c1. The van der Waals surface area contributed by atoms with Gasteiger partial charge in [-0.25, -0.2) is 4.79 Å². The van der Waals surface area contributed by atoms with E-state index in [1.165, 1.54) is 26.0 Å². The van der Waals surface area contributed by atoms with Crippen molar-refractivity contribution in [2.75, 3.05) is 20.5 Å². The lowest BCUT2D eigenvalue weighted by Gasteiger charge is -2.18. The zero-order valence-electron chi connectivity index (χ0n) is 20.9. The van der Waals surface area contributed by atoms with Gasteiger partial charge in [-0.2, -0.15) is 0 Å². The zero-order chi connectivity index (χ0) is 26.9. The molecule has 0 aliphatic carbocycles. The van der Waals surface area contributed by atoms with Crippen LogP contribution in [0.3, 0.4) is 0 Å². The van der Waals surface area contributed by atoms with E-state index in [0.717, 1.165) is 17.3 Å². The Kier molecular flexibility index (Phi) is 9.34. The van der Waals surface area contributed by atoms with Gasteiger partial charge >= 0.3 is 5.97 Å². The molecule has 2 amide bonds. The highest BCUT2D eigenvalue weighted by Crippen LogP contribution is 2.28. The molecule has 9 heteroatoms. The lowest BCUT2D eigenvalue weighted by atomic mass is 10.0. The van der Waals surface area contributed by atoms with Gasteiger partial charge in [0.15, 0.2) is 0 Å².